The largest absolute Gasteiger partial charge is 0.396 e. The highest BCUT2D eigenvalue weighted by atomic mass is 79.9. The van der Waals surface area contributed by atoms with Gasteiger partial charge in [0.25, 0.3) is 0 Å². The fourth-order valence-electron chi connectivity index (χ4n) is 0.902. The summed E-state index contributed by atoms with van der Waals surface area (Å²) in [5.41, 5.74) is 0. The van der Waals surface area contributed by atoms with Gasteiger partial charge >= 0.3 is 0 Å². The van der Waals surface area contributed by atoms with Crippen LogP contribution in [0.3, 0.4) is 0 Å². The van der Waals surface area contributed by atoms with Gasteiger partial charge in [0.05, 0.1) is 4.47 Å². The first kappa shape index (κ1) is 12.7. The van der Waals surface area contributed by atoms with Crippen LogP contribution in [0.5, 0.6) is 0 Å². The van der Waals surface area contributed by atoms with E-state index in [0.717, 1.165) is 21.1 Å². The maximum Gasteiger partial charge on any atom is 0.144 e. The molecule has 1 rings (SSSR count). The first-order valence-corrected chi connectivity index (χ1v) is 6.38. The summed E-state index contributed by atoms with van der Waals surface area (Å²) < 4.78 is 0.877. The van der Waals surface area contributed by atoms with Crippen molar-refractivity contribution >= 4 is 33.5 Å². The van der Waals surface area contributed by atoms with Crippen LogP contribution in [-0.2, 0) is 0 Å². The van der Waals surface area contributed by atoms with Crippen molar-refractivity contribution < 1.29 is 5.11 Å². The minimum atomic E-state index is 0.203. The van der Waals surface area contributed by atoms with E-state index in [1.54, 1.807) is 11.8 Å². The summed E-state index contributed by atoms with van der Waals surface area (Å²) >= 11 is 5.05. The molecule has 1 aromatic heterocycles. The molecule has 0 amide bonds. The molecular formula is C9H14BrN3OS. The number of thioether (sulfide) groups is 1. The van der Waals surface area contributed by atoms with Crippen LogP contribution in [0, 0.1) is 5.92 Å². The molecule has 2 N–H and O–H groups in total. The molecule has 0 saturated carbocycles. The minimum Gasteiger partial charge on any atom is -0.396 e. The zero-order valence-corrected chi connectivity index (χ0v) is 11.1. The number of nitrogens with zero attached hydrogens (tertiary/aromatic N) is 2. The third-order valence-electron chi connectivity index (χ3n) is 1.81. The van der Waals surface area contributed by atoms with Crippen molar-refractivity contribution in [2.75, 3.05) is 24.7 Å². The van der Waals surface area contributed by atoms with E-state index in [2.05, 4.69) is 31.2 Å². The van der Waals surface area contributed by atoms with Gasteiger partial charge in [0.2, 0.25) is 0 Å². The third kappa shape index (κ3) is 3.62. The molecule has 0 saturated heterocycles. The number of aliphatic hydroxyl groups excluding tert-OH is 1. The Morgan fingerprint density at radius 1 is 1.60 bits per heavy atom. The van der Waals surface area contributed by atoms with E-state index in [1.807, 2.05) is 14.0 Å². The average molecular weight is 292 g/mol. The summed E-state index contributed by atoms with van der Waals surface area (Å²) in [6.07, 6.45) is 1.53. The van der Waals surface area contributed by atoms with E-state index in [0.29, 0.717) is 0 Å². The van der Waals surface area contributed by atoms with E-state index in [9.17, 15) is 0 Å². The van der Waals surface area contributed by atoms with Gasteiger partial charge in [0, 0.05) is 19.4 Å². The van der Waals surface area contributed by atoms with E-state index >= 15 is 0 Å². The summed E-state index contributed by atoms with van der Waals surface area (Å²) in [7, 11) is 1.82. The summed E-state index contributed by atoms with van der Waals surface area (Å²) in [6.45, 7) is 2.20. The van der Waals surface area contributed by atoms with Crippen LogP contribution in [0.25, 0.3) is 0 Å². The molecule has 0 aliphatic rings. The van der Waals surface area contributed by atoms with Crippen LogP contribution in [0.4, 0.5) is 5.82 Å². The summed E-state index contributed by atoms with van der Waals surface area (Å²) in [4.78, 5) is 8.25. The lowest BCUT2D eigenvalue weighted by Gasteiger charge is -2.09. The first-order valence-electron chi connectivity index (χ1n) is 4.61. The van der Waals surface area contributed by atoms with Crippen LogP contribution in [0.1, 0.15) is 6.92 Å². The lowest BCUT2D eigenvalue weighted by atomic mass is 10.2. The van der Waals surface area contributed by atoms with Crippen LogP contribution in [-0.4, -0.2) is 34.5 Å². The van der Waals surface area contributed by atoms with Gasteiger partial charge in [-0.15, -0.1) is 11.8 Å². The molecule has 0 bridgehead atoms. The molecule has 0 aromatic carbocycles. The molecule has 15 heavy (non-hydrogen) atoms. The Morgan fingerprint density at radius 3 is 2.93 bits per heavy atom. The van der Waals surface area contributed by atoms with Gasteiger partial charge in [0.1, 0.15) is 17.2 Å². The number of hydrogen-bond acceptors (Lipinski definition) is 5. The van der Waals surface area contributed by atoms with E-state index in [-0.39, 0.29) is 12.5 Å². The number of nitrogens with one attached hydrogen (secondary N) is 1. The van der Waals surface area contributed by atoms with Gasteiger partial charge in [-0.2, -0.15) is 0 Å². The van der Waals surface area contributed by atoms with Crippen molar-refractivity contribution in [1.29, 1.82) is 0 Å². The quantitative estimate of drug-likeness (QED) is 0.642. The second kappa shape index (κ2) is 6.30. The van der Waals surface area contributed by atoms with Crippen LogP contribution < -0.4 is 5.32 Å². The van der Waals surface area contributed by atoms with Crippen molar-refractivity contribution in [3.63, 3.8) is 0 Å². The van der Waals surface area contributed by atoms with Gasteiger partial charge in [-0.3, -0.25) is 0 Å². The fraction of sp³-hybridized carbons (Fsp3) is 0.556. The Balaban J connectivity index is 2.68. The number of aromatic nitrogens is 2. The van der Waals surface area contributed by atoms with Gasteiger partial charge in [0.15, 0.2) is 0 Å². The highest BCUT2D eigenvalue weighted by molar-refractivity contribution is 9.10. The SMILES string of the molecule is CNc1ncnc(SCC(C)CO)c1Br. The normalized spacial score (nSPS) is 12.5. The second-order valence-electron chi connectivity index (χ2n) is 3.19. The molecule has 1 heterocycles. The Kier molecular flexibility index (Phi) is 5.35. The van der Waals surface area contributed by atoms with Crippen molar-refractivity contribution in [2.45, 2.75) is 11.9 Å². The first-order chi connectivity index (χ1) is 7.19. The number of halogens is 1. The summed E-state index contributed by atoms with van der Waals surface area (Å²) in [5, 5.41) is 12.8. The monoisotopic (exact) mass is 291 g/mol. The summed E-state index contributed by atoms with van der Waals surface area (Å²) in [5.74, 6) is 1.90. The third-order valence-corrected chi connectivity index (χ3v) is 4.14. The molecule has 4 nitrogen and oxygen atoms in total. The number of rotatable bonds is 5. The number of hydrogen-bond donors (Lipinski definition) is 2. The fourth-order valence-corrected chi connectivity index (χ4v) is 2.54. The van der Waals surface area contributed by atoms with Crippen LogP contribution in [0.15, 0.2) is 15.8 Å². The van der Waals surface area contributed by atoms with Gasteiger partial charge in [-0.05, 0) is 21.8 Å². The van der Waals surface area contributed by atoms with E-state index < -0.39 is 0 Å². The molecule has 1 unspecified atom stereocenters. The van der Waals surface area contributed by atoms with Crippen molar-refractivity contribution in [2.24, 2.45) is 5.92 Å². The minimum absolute atomic E-state index is 0.203. The smallest absolute Gasteiger partial charge is 0.144 e. The Labute approximate surface area is 102 Å². The van der Waals surface area contributed by atoms with Gasteiger partial charge < -0.3 is 10.4 Å². The average Bonchev–Trinajstić information content (AvgIpc) is 2.27. The van der Waals surface area contributed by atoms with E-state index in [1.165, 1.54) is 6.33 Å². The molecule has 0 radical (unpaired) electrons. The highest BCUT2D eigenvalue weighted by Gasteiger charge is 2.09. The zero-order valence-electron chi connectivity index (χ0n) is 8.70. The molecule has 1 aromatic rings. The lowest BCUT2D eigenvalue weighted by molar-refractivity contribution is 0.250. The van der Waals surface area contributed by atoms with E-state index in [4.69, 9.17) is 5.11 Å². The molecule has 1 atom stereocenters. The van der Waals surface area contributed by atoms with Crippen LogP contribution in [0.2, 0.25) is 0 Å². The number of aliphatic hydroxyl groups is 1. The molecule has 0 fully saturated rings. The predicted octanol–water partition coefficient (Wildman–Crippen LogP) is 2.00. The Morgan fingerprint density at radius 2 is 2.33 bits per heavy atom. The molecule has 0 aliphatic heterocycles. The lowest BCUT2D eigenvalue weighted by Crippen LogP contribution is -2.04. The predicted molar refractivity (Wildman–Crippen MR) is 66.3 cm³/mol. The Hall–Kier alpha value is -0.330. The maximum atomic E-state index is 8.91. The molecule has 6 heteroatoms. The van der Waals surface area contributed by atoms with Crippen molar-refractivity contribution in [3.05, 3.63) is 10.8 Å². The van der Waals surface area contributed by atoms with Gasteiger partial charge in [-0.25, -0.2) is 9.97 Å². The summed E-state index contributed by atoms with van der Waals surface area (Å²) in [6, 6.07) is 0. The topological polar surface area (TPSA) is 58.0 Å². The zero-order chi connectivity index (χ0) is 11.3. The molecular weight excluding hydrogens is 278 g/mol. The second-order valence-corrected chi connectivity index (χ2v) is 4.99. The Bertz CT molecular complexity index is 324. The highest BCUT2D eigenvalue weighted by Crippen LogP contribution is 2.30. The molecule has 0 spiro atoms. The van der Waals surface area contributed by atoms with Crippen molar-refractivity contribution in [1.82, 2.24) is 9.97 Å². The maximum absolute atomic E-state index is 8.91. The van der Waals surface area contributed by atoms with Crippen molar-refractivity contribution in [3.8, 4) is 0 Å². The number of anilines is 1. The van der Waals surface area contributed by atoms with Gasteiger partial charge in [-0.1, -0.05) is 6.92 Å². The molecule has 0 aliphatic carbocycles. The standard InChI is InChI=1S/C9H14BrN3OS/c1-6(3-14)4-15-9-7(10)8(11-2)12-5-13-9/h5-6,14H,3-4H2,1-2H3,(H,11,12,13). The van der Waals surface area contributed by atoms with Crippen LogP contribution >= 0.6 is 27.7 Å². The molecule has 84 valence electrons.